The van der Waals surface area contributed by atoms with E-state index >= 15 is 0 Å². The van der Waals surface area contributed by atoms with Gasteiger partial charge in [-0.15, -0.1) is 0 Å². The van der Waals surface area contributed by atoms with E-state index in [2.05, 4.69) is 18.8 Å². The predicted octanol–water partition coefficient (Wildman–Crippen LogP) is 2.18. The second-order valence-electron chi connectivity index (χ2n) is 2.73. The van der Waals surface area contributed by atoms with Gasteiger partial charge in [-0.2, -0.15) is 5.26 Å². The molecular weight excluding hydrogens is 136 g/mol. The first kappa shape index (κ1) is 9.90. The van der Waals surface area contributed by atoms with Gasteiger partial charge in [-0.05, 0) is 18.9 Å². The van der Waals surface area contributed by atoms with Crippen LogP contribution in [0.4, 0.5) is 0 Å². The summed E-state index contributed by atoms with van der Waals surface area (Å²) in [6, 6.07) is 2.02. The fourth-order valence-electron chi connectivity index (χ4n) is 0.564. The molecule has 0 bridgehead atoms. The van der Waals surface area contributed by atoms with Gasteiger partial charge < -0.3 is 0 Å². The van der Waals surface area contributed by atoms with Crippen molar-refractivity contribution in [2.75, 3.05) is 6.54 Å². The molecule has 0 radical (unpaired) electrons. The average molecular weight is 150 g/mol. The minimum absolute atomic E-state index is 0.515. The van der Waals surface area contributed by atoms with Crippen molar-refractivity contribution in [3.8, 4) is 6.07 Å². The molecule has 11 heavy (non-hydrogen) atoms. The third-order valence-electron chi connectivity index (χ3n) is 1.07. The Kier molecular flexibility index (Phi) is 5.10. The van der Waals surface area contributed by atoms with E-state index in [-0.39, 0.29) is 0 Å². The molecule has 0 aromatic carbocycles. The maximum absolute atomic E-state index is 8.54. The molecule has 0 saturated carbocycles. The molecule has 0 aromatic heterocycles. The molecule has 60 valence electrons. The molecule has 0 rings (SSSR count). The summed E-state index contributed by atoms with van der Waals surface area (Å²) in [6.45, 7) is 6.76. The molecule has 0 unspecified atom stereocenters. The lowest BCUT2D eigenvalue weighted by molar-refractivity contribution is 0.666. The quantitative estimate of drug-likeness (QED) is 0.568. The maximum Gasteiger partial charge on any atom is 0.134 e. The van der Waals surface area contributed by atoms with Crippen molar-refractivity contribution >= 4 is 5.71 Å². The maximum atomic E-state index is 8.54. The van der Waals surface area contributed by atoms with Crippen molar-refractivity contribution in [3.63, 3.8) is 0 Å². The average Bonchev–Trinajstić information content (AvgIpc) is 1.97. The Morgan fingerprint density at radius 3 is 2.64 bits per heavy atom. The number of rotatable bonds is 3. The fraction of sp³-hybridized carbons (Fsp3) is 0.556. The van der Waals surface area contributed by atoms with Crippen LogP contribution in [0.5, 0.6) is 0 Å². The zero-order chi connectivity index (χ0) is 8.69. The number of hydrogen-bond donors (Lipinski definition) is 0. The van der Waals surface area contributed by atoms with Gasteiger partial charge in [-0.3, -0.25) is 4.99 Å². The van der Waals surface area contributed by atoms with Crippen LogP contribution < -0.4 is 0 Å². The Bertz CT molecular complexity index is 194. The number of nitrogens with zero attached hydrogens (tertiary/aromatic N) is 2. The van der Waals surface area contributed by atoms with E-state index in [0.717, 1.165) is 6.54 Å². The summed E-state index contributed by atoms with van der Waals surface area (Å²) in [5.41, 5.74) is 0.515. The molecule has 0 aliphatic rings. The molecule has 0 amide bonds. The van der Waals surface area contributed by atoms with Crippen LogP contribution in [0.3, 0.4) is 0 Å². The molecule has 0 atom stereocenters. The van der Waals surface area contributed by atoms with E-state index in [1.807, 2.05) is 19.1 Å². The lowest BCUT2D eigenvalue weighted by atomic mass is 10.2. The van der Waals surface area contributed by atoms with Gasteiger partial charge in [0.05, 0.1) is 0 Å². The standard InChI is InChI=1S/C9H14N2/c1-4-5-9(6-10)11-7-8(2)3/h4-5,8H,7H2,1-3H3. The third kappa shape index (κ3) is 5.35. The highest BCUT2D eigenvalue weighted by Crippen LogP contribution is 1.92. The molecule has 0 fully saturated rings. The van der Waals surface area contributed by atoms with Gasteiger partial charge in [0.1, 0.15) is 11.8 Å². The Hall–Kier alpha value is -1.10. The zero-order valence-corrected chi connectivity index (χ0v) is 7.33. The Morgan fingerprint density at radius 1 is 1.64 bits per heavy atom. The lowest BCUT2D eigenvalue weighted by Crippen LogP contribution is -1.96. The minimum Gasteiger partial charge on any atom is -0.274 e. The number of nitriles is 1. The first-order valence-electron chi connectivity index (χ1n) is 3.78. The van der Waals surface area contributed by atoms with E-state index in [1.54, 1.807) is 6.08 Å². The Labute approximate surface area is 68.3 Å². The molecule has 0 saturated heterocycles. The summed E-state index contributed by atoms with van der Waals surface area (Å²) in [5.74, 6) is 0.517. The highest BCUT2D eigenvalue weighted by molar-refractivity contribution is 6.07. The van der Waals surface area contributed by atoms with Gasteiger partial charge in [-0.1, -0.05) is 19.9 Å². The summed E-state index contributed by atoms with van der Waals surface area (Å²) in [4.78, 5) is 4.10. The molecule has 0 spiro atoms. The van der Waals surface area contributed by atoms with Crippen LogP contribution in [0, 0.1) is 17.2 Å². The normalized spacial score (nSPS) is 12.5. The second kappa shape index (κ2) is 5.67. The molecule has 0 aromatic rings. The summed E-state index contributed by atoms with van der Waals surface area (Å²) in [7, 11) is 0. The van der Waals surface area contributed by atoms with Crippen molar-refractivity contribution in [3.05, 3.63) is 12.2 Å². The zero-order valence-electron chi connectivity index (χ0n) is 7.33. The highest BCUT2D eigenvalue weighted by Gasteiger charge is 1.92. The molecule has 2 nitrogen and oxygen atoms in total. The number of hydrogen-bond acceptors (Lipinski definition) is 2. The van der Waals surface area contributed by atoms with E-state index in [9.17, 15) is 0 Å². The topological polar surface area (TPSA) is 36.1 Å². The number of aliphatic imine (C=N–C) groups is 1. The van der Waals surface area contributed by atoms with Gasteiger partial charge in [0.25, 0.3) is 0 Å². The summed E-state index contributed by atoms with van der Waals surface area (Å²) in [6.07, 6.45) is 3.55. The smallest absolute Gasteiger partial charge is 0.134 e. The summed E-state index contributed by atoms with van der Waals surface area (Å²) >= 11 is 0. The van der Waals surface area contributed by atoms with Gasteiger partial charge in [0.2, 0.25) is 0 Å². The van der Waals surface area contributed by atoms with Crippen molar-refractivity contribution in [2.45, 2.75) is 20.8 Å². The van der Waals surface area contributed by atoms with E-state index in [1.165, 1.54) is 0 Å². The number of allylic oxidation sites excluding steroid dienone is 2. The Morgan fingerprint density at radius 2 is 2.27 bits per heavy atom. The highest BCUT2D eigenvalue weighted by atomic mass is 14.7. The molecule has 0 N–H and O–H groups in total. The lowest BCUT2D eigenvalue weighted by Gasteiger charge is -1.96. The SMILES string of the molecule is CC=CC(C#N)=NCC(C)C. The molecule has 0 aliphatic heterocycles. The monoisotopic (exact) mass is 150 g/mol. The summed E-state index contributed by atoms with van der Waals surface area (Å²) in [5, 5.41) is 8.54. The van der Waals surface area contributed by atoms with Crippen molar-refractivity contribution in [1.29, 1.82) is 5.26 Å². The Balaban J connectivity index is 4.05. The third-order valence-corrected chi connectivity index (χ3v) is 1.07. The van der Waals surface area contributed by atoms with Crippen LogP contribution in [0.1, 0.15) is 20.8 Å². The van der Waals surface area contributed by atoms with E-state index < -0.39 is 0 Å². The predicted molar refractivity (Wildman–Crippen MR) is 47.6 cm³/mol. The van der Waals surface area contributed by atoms with E-state index in [0.29, 0.717) is 11.6 Å². The van der Waals surface area contributed by atoms with Crippen LogP contribution in [0.15, 0.2) is 17.1 Å². The first-order chi connectivity index (χ1) is 5.20. The van der Waals surface area contributed by atoms with Crippen LogP contribution in [-0.2, 0) is 0 Å². The van der Waals surface area contributed by atoms with Crippen LogP contribution in [-0.4, -0.2) is 12.3 Å². The van der Waals surface area contributed by atoms with Crippen molar-refractivity contribution in [1.82, 2.24) is 0 Å². The summed E-state index contributed by atoms with van der Waals surface area (Å²) < 4.78 is 0. The van der Waals surface area contributed by atoms with Gasteiger partial charge in [0, 0.05) is 6.54 Å². The van der Waals surface area contributed by atoms with Crippen molar-refractivity contribution < 1.29 is 0 Å². The van der Waals surface area contributed by atoms with E-state index in [4.69, 9.17) is 5.26 Å². The second-order valence-corrected chi connectivity index (χ2v) is 2.73. The van der Waals surface area contributed by atoms with Gasteiger partial charge in [0.15, 0.2) is 0 Å². The first-order valence-corrected chi connectivity index (χ1v) is 3.78. The van der Waals surface area contributed by atoms with Gasteiger partial charge >= 0.3 is 0 Å². The molecule has 0 aliphatic carbocycles. The largest absolute Gasteiger partial charge is 0.274 e. The fourth-order valence-corrected chi connectivity index (χ4v) is 0.564. The van der Waals surface area contributed by atoms with Crippen LogP contribution >= 0.6 is 0 Å². The van der Waals surface area contributed by atoms with Crippen LogP contribution in [0.2, 0.25) is 0 Å². The van der Waals surface area contributed by atoms with Crippen LogP contribution in [0.25, 0.3) is 0 Å². The molecular formula is C9H14N2. The minimum atomic E-state index is 0.515. The van der Waals surface area contributed by atoms with Crippen molar-refractivity contribution in [2.24, 2.45) is 10.9 Å². The van der Waals surface area contributed by atoms with Gasteiger partial charge in [-0.25, -0.2) is 0 Å². The molecule has 0 heterocycles. The molecule has 2 heteroatoms.